The van der Waals surface area contributed by atoms with Gasteiger partial charge in [0.05, 0.1) is 0 Å². The first-order chi connectivity index (χ1) is 15.8. The summed E-state index contributed by atoms with van der Waals surface area (Å²) in [6, 6.07) is 11.4. The minimum absolute atomic E-state index is 0.480. The number of ether oxygens (including phenoxy) is 2. The molecule has 0 aliphatic carbocycles. The number of aliphatic imine (C=N–C) groups is 1. The summed E-state index contributed by atoms with van der Waals surface area (Å²) in [6.45, 7) is 9.69. The Bertz CT molecular complexity index is 651. The highest BCUT2D eigenvalue weighted by Crippen LogP contribution is 2.24. The first-order valence-corrected chi connectivity index (χ1v) is 12.3. The molecule has 180 valence electrons. The number of nitrogens with zero attached hydrogens (tertiary/aromatic N) is 3. The summed E-state index contributed by atoms with van der Waals surface area (Å²) >= 11 is 0. The van der Waals surface area contributed by atoms with Crippen LogP contribution in [0, 0.1) is 5.92 Å². The lowest BCUT2D eigenvalue weighted by Crippen LogP contribution is -2.47. The highest BCUT2D eigenvalue weighted by atomic mass is 16.5. The summed E-state index contributed by atoms with van der Waals surface area (Å²) in [5, 5.41) is 6.87. The van der Waals surface area contributed by atoms with Crippen LogP contribution in [0.2, 0.25) is 0 Å². The van der Waals surface area contributed by atoms with Gasteiger partial charge in [0, 0.05) is 78.8 Å². The van der Waals surface area contributed by atoms with Crippen molar-refractivity contribution in [1.29, 1.82) is 0 Å². The van der Waals surface area contributed by atoms with Gasteiger partial charge in [-0.1, -0.05) is 30.3 Å². The molecule has 0 spiro atoms. The monoisotopic (exact) mass is 445 g/mol. The Morgan fingerprint density at radius 3 is 2.59 bits per heavy atom. The lowest BCUT2D eigenvalue weighted by Gasteiger charge is -2.40. The predicted molar refractivity (Wildman–Crippen MR) is 131 cm³/mol. The zero-order valence-electron chi connectivity index (χ0n) is 20.1. The topological polar surface area (TPSA) is 61.4 Å². The number of guanidine groups is 1. The van der Waals surface area contributed by atoms with Gasteiger partial charge in [-0.25, -0.2) is 0 Å². The van der Waals surface area contributed by atoms with Crippen molar-refractivity contribution < 1.29 is 9.47 Å². The smallest absolute Gasteiger partial charge is 0.190 e. The second kappa shape index (κ2) is 14.5. The largest absolute Gasteiger partial charge is 0.381 e. The molecule has 2 saturated heterocycles. The molecule has 3 rings (SSSR count). The minimum atomic E-state index is 0.480. The summed E-state index contributed by atoms with van der Waals surface area (Å²) in [6.07, 6.45) is 4.36. The highest BCUT2D eigenvalue weighted by molar-refractivity contribution is 5.79. The predicted octanol–water partition coefficient (Wildman–Crippen LogP) is 2.36. The number of benzene rings is 1. The van der Waals surface area contributed by atoms with Crippen LogP contribution in [0.25, 0.3) is 0 Å². The number of hydrogen-bond acceptors (Lipinski definition) is 5. The van der Waals surface area contributed by atoms with Crippen LogP contribution in [0.4, 0.5) is 0 Å². The normalized spacial score (nSPS) is 21.6. The average molecular weight is 446 g/mol. The summed E-state index contributed by atoms with van der Waals surface area (Å²) < 4.78 is 11.2. The van der Waals surface area contributed by atoms with E-state index >= 15 is 0 Å². The van der Waals surface area contributed by atoms with Gasteiger partial charge >= 0.3 is 0 Å². The Hall–Kier alpha value is -1.67. The molecule has 2 aliphatic heterocycles. The molecule has 1 aromatic rings. The molecule has 2 N–H and O–H groups in total. The highest BCUT2D eigenvalue weighted by Gasteiger charge is 2.25. The number of hydrogen-bond donors (Lipinski definition) is 2. The minimum Gasteiger partial charge on any atom is -0.381 e. The van der Waals surface area contributed by atoms with Gasteiger partial charge in [-0.15, -0.1) is 0 Å². The van der Waals surface area contributed by atoms with Crippen LogP contribution < -0.4 is 10.6 Å². The molecule has 2 heterocycles. The van der Waals surface area contributed by atoms with Crippen molar-refractivity contribution in [3.05, 3.63) is 35.9 Å². The van der Waals surface area contributed by atoms with E-state index in [1.165, 1.54) is 5.56 Å². The van der Waals surface area contributed by atoms with Gasteiger partial charge < -0.3 is 25.0 Å². The van der Waals surface area contributed by atoms with E-state index in [9.17, 15) is 0 Å². The molecule has 0 bridgehead atoms. The first kappa shape index (κ1) is 25.0. The SMILES string of the molecule is CN=C(NCCCOCC1CCOCC1)NCCCN1CCN(C)CC1c1ccccc1. The molecule has 1 atom stereocenters. The van der Waals surface area contributed by atoms with Crippen molar-refractivity contribution in [3.8, 4) is 0 Å². The van der Waals surface area contributed by atoms with Crippen LogP contribution in [0.15, 0.2) is 35.3 Å². The molecule has 1 aromatic carbocycles. The van der Waals surface area contributed by atoms with Crippen molar-refractivity contribution in [2.75, 3.05) is 79.8 Å². The molecule has 0 saturated carbocycles. The molecular formula is C25H43N5O2. The first-order valence-electron chi connectivity index (χ1n) is 12.3. The van der Waals surface area contributed by atoms with Crippen LogP contribution in [-0.2, 0) is 9.47 Å². The Morgan fingerprint density at radius 2 is 1.84 bits per heavy atom. The third-order valence-electron chi connectivity index (χ3n) is 6.47. The second-order valence-electron chi connectivity index (χ2n) is 8.99. The molecule has 0 aromatic heterocycles. The van der Waals surface area contributed by atoms with E-state index in [0.29, 0.717) is 12.0 Å². The van der Waals surface area contributed by atoms with Crippen molar-refractivity contribution in [1.82, 2.24) is 20.4 Å². The number of likely N-dealkylation sites (N-methyl/N-ethyl adjacent to an activating group) is 1. The number of piperazine rings is 1. The van der Waals surface area contributed by atoms with E-state index in [2.05, 4.69) is 62.8 Å². The average Bonchev–Trinajstić information content (AvgIpc) is 2.84. The maximum Gasteiger partial charge on any atom is 0.190 e. The van der Waals surface area contributed by atoms with E-state index in [-0.39, 0.29) is 0 Å². The fraction of sp³-hybridized carbons (Fsp3) is 0.720. The fourth-order valence-electron chi connectivity index (χ4n) is 4.47. The Balaban J connectivity index is 1.27. The summed E-state index contributed by atoms with van der Waals surface area (Å²) in [7, 11) is 4.06. The van der Waals surface area contributed by atoms with E-state index in [1.807, 2.05) is 7.05 Å². The van der Waals surface area contributed by atoms with Crippen LogP contribution in [-0.4, -0.2) is 95.6 Å². The van der Waals surface area contributed by atoms with Crippen molar-refractivity contribution in [3.63, 3.8) is 0 Å². The standard InChI is InChI=1S/C25H43N5O2/c1-26-25(28-13-7-17-32-21-22-10-18-31-19-11-22)27-12-6-14-30-16-15-29(2)20-24(30)23-8-4-3-5-9-23/h3-5,8-9,22,24H,6-7,10-21H2,1-2H3,(H2,26,27,28). The van der Waals surface area contributed by atoms with Gasteiger partial charge in [0.25, 0.3) is 0 Å². The van der Waals surface area contributed by atoms with Crippen molar-refractivity contribution >= 4 is 5.96 Å². The van der Waals surface area contributed by atoms with Gasteiger partial charge in [-0.2, -0.15) is 0 Å². The zero-order chi connectivity index (χ0) is 22.4. The zero-order valence-corrected chi connectivity index (χ0v) is 20.1. The van der Waals surface area contributed by atoms with E-state index in [4.69, 9.17) is 9.47 Å². The van der Waals surface area contributed by atoms with E-state index in [0.717, 1.165) is 97.3 Å². The molecule has 2 fully saturated rings. The van der Waals surface area contributed by atoms with Crippen molar-refractivity contribution in [2.24, 2.45) is 10.9 Å². The maximum atomic E-state index is 5.84. The quantitative estimate of drug-likeness (QED) is 0.310. The summed E-state index contributed by atoms with van der Waals surface area (Å²) in [5.41, 5.74) is 1.42. The summed E-state index contributed by atoms with van der Waals surface area (Å²) in [5.74, 6) is 1.56. The third-order valence-corrected chi connectivity index (χ3v) is 6.47. The fourth-order valence-corrected chi connectivity index (χ4v) is 4.47. The van der Waals surface area contributed by atoms with Gasteiger partial charge in [-0.05, 0) is 44.2 Å². The van der Waals surface area contributed by atoms with Crippen molar-refractivity contribution in [2.45, 2.75) is 31.7 Å². The van der Waals surface area contributed by atoms with Crippen LogP contribution in [0.3, 0.4) is 0 Å². The van der Waals surface area contributed by atoms with Gasteiger partial charge in [0.15, 0.2) is 5.96 Å². The third kappa shape index (κ3) is 8.70. The Morgan fingerprint density at radius 1 is 1.09 bits per heavy atom. The Labute approximate surface area is 194 Å². The van der Waals surface area contributed by atoms with Crippen LogP contribution in [0.5, 0.6) is 0 Å². The Kier molecular flexibility index (Phi) is 11.3. The molecule has 0 amide bonds. The second-order valence-corrected chi connectivity index (χ2v) is 8.99. The molecule has 32 heavy (non-hydrogen) atoms. The molecule has 1 unspecified atom stereocenters. The number of nitrogens with one attached hydrogen (secondary N) is 2. The van der Waals surface area contributed by atoms with Gasteiger partial charge in [0.1, 0.15) is 0 Å². The van der Waals surface area contributed by atoms with Gasteiger partial charge in [-0.3, -0.25) is 9.89 Å². The molecule has 7 nitrogen and oxygen atoms in total. The molecule has 0 radical (unpaired) electrons. The van der Waals surface area contributed by atoms with Crippen LogP contribution >= 0.6 is 0 Å². The molecular weight excluding hydrogens is 402 g/mol. The van der Waals surface area contributed by atoms with Gasteiger partial charge in [0.2, 0.25) is 0 Å². The van der Waals surface area contributed by atoms with E-state index in [1.54, 1.807) is 0 Å². The number of rotatable bonds is 11. The molecule has 2 aliphatic rings. The lowest BCUT2D eigenvalue weighted by atomic mass is 10.0. The lowest BCUT2D eigenvalue weighted by molar-refractivity contribution is 0.0203. The van der Waals surface area contributed by atoms with Crippen LogP contribution in [0.1, 0.15) is 37.3 Å². The molecule has 7 heteroatoms. The van der Waals surface area contributed by atoms with E-state index < -0.39 is 0 Å². The summed E-state index contributed by atoms with van der Waals surface area (Å²) in [4.78, 5) is 9.42. The maximum absolute atomic E-state index is 5.84.